The Labute approximate surface area is 90.0 Å². The van der Waals surface area contributed by atoms with Gasteiger partial charge in [-0.2, -0.15) is 0 Å². The highest BCUT2D eigenvalue weighted by molar-refractivity contribution is 7.89. The van der Waals surface area contributed by atoms with E-state index in [1.165, 1.54) is 12.1 Å². The van der Waals surface area contributed by atoms with E-state index in [2.05, 4.69) is 4.72 Å². The molecule has 0 aliphatic heterocycles. The second-order valence-electron chi connectivity index (χ2n) is 3.58. The average molecular weight is 229 g/mol. The van der Waals surface area contributed by atoms with Gasteiger partial charge in [-0.15, -0.1) is 0 Å². The second kappa shape index (κ2) is 4.74. The minimum atomic E-state index is -3.42. The standard InChI is InChI=1S/C10H15NO3S/c1-8(2)11-15(13,14)10-5-3-9(7-12)4-6-10/h3-6,8,11-12H,7H2,1-2H3. The molecule has 4 nitrogen and oxygen atoms in total. The van der Waals surface area contributed by atoms with Gasteiger partial charge in [0.15, 0.2) is 0 Å². The monoisotopic (exact) mass is 229 g/mol. The lowest BCUT2D eigenvalue weighted by atomic mass is 10.2. The minimum absolute atomic E-state index is 0.0854. The maximum atomic E-state index is 11.7. The number of sulfonamides is 1. The van der Waals surface area contributed by atoms with Gasteiger partial charge in [0.25, 0.3) is 0 Å². The van der Waals surface area contributed by atoms with Crippen molar-refractivity contribution in [2.75, 3.05) is 0 Å². The molecule has 1 aromatic carbocycles. The topological polar surface area (TPSA) is 66.4 Å². The van der Waals surface area contributed by atoms with Crippen molar-refractivity contribution in [2.45, 2.75) is 31.4 Å². The Hall–Kier alpha value is -0.910. The molecule has 0 aromatic heterocycles. The molecular formula is C10H15NO3S. The molecule has 0 heterocycles. The van der Waals surface area contributed by atoms with Crippen LogP contribution in [0.3, 0.4) is 0 Å². The first-order valence-electron chi connectivity index (χ1n) is 4.68. The van der Waals surface area contributed by atoms with Crippen molar-refractivity contribution < 1.29 is 13.5 Å². The van der Waals surface area contributed by atoms with Crippen LogP contribution >= 0.6 is 0 Å². The number of aliphatic hydroxyl groups excluding tert-OH is 1. The van der Waals surface area contributed by atoms with Crippen molar-refractivity contribution in [3.8, 4) is 0 Å². The summed E-state index contributed by atoms with van der Waals surface area (Å²) in [4.78, 5) is 0.216. The molecule has 5 heteroatoms. The summed E-state index contributed by atoms with van der Waals surface area (Å²) in [6.07, 6.45) is 0. The first-order valence-corrected chi connectivity index (χ1v) is 6.16. The number of nitrogens with one attached hydrogen (secondary N) is 1. The quantitative estimate of drug-likeness (QED) is 0.805. The molecule has 0 amide bonds. The third-order valence-corrected chi connectivity index (χ3v) is 3.48. The number of hydrogen-bond donors (Lipinski definition) is 2. The molecule has 0 radical (unpaired) electrons. The van der Waals surface area contributed by atoms with Crippen LogP contribution in [-0.2, 0) is 16.6 Å². The van der Waals surface area contributed by atoms with Crippen molar-refractivity contribution in [1.82, 2.24) is 4.72 Å². The van der Waals surface area contributed by atoms with E-state index in [1.807, 2.05) is 0 Å². The zero-order valence-corrected chi connectivity index (χ0v) is 9.58. The maximum Gasteiger partial charge on any atom is 0.240 e. The Morgan fingerprint density at radius 3 is 2.20 bits per heavy atom. The molecule has 0 unspecified atom stereocenters. The Morgan fingerprint density at radius 1 is 1.27 bits per heavy atom. The van der Waals surface area contributed by atoms with E-state index in [-0.39, 0.29) is 17.5 Å². The molecule has 0 bridgehead atoms. The zero-order chi connectivity index (χ0) is 11.5. The number of aliphatic hydroxyl groups is 1. The molecule has 0 spiro atoms. The maximum absolute atomic E-state index is 11.7. The summed E-state index contributed by atoms with van der Waals surface area (Å²) in [6.45, 7) is 3.44. The largest absolute Gasteiger partial charge is 0.392 e. The summed E-state index contributed by atoms with van der Waals surface area (Å²) in [5.74, 6) is 0. The highest BCUT2D eigenvalue weighted by Gasteiger charge is 2.14. The predicted octanol–water partition coefficient (Wildman–Crippen LogP) is 0.866. The fourth-order valence-electron chi connectivity index (χ4n) is 1.15. The van der Waals surface area contributed by atoms with Crippen molar-refractivity contribution in [2.24, 2.45) is 0 Å². The SMILES string of the molecule is CC(C)NS(=O)(=O)c1ccc(CO)cc1. The second-order valence-corrected chi connectivity index (χ2v) is 5.29. The van der Waals surface area contributed by atoms with Gasteiger partial charge in [-0.1, -0.05) is 12.1 Å². The molecule has 0 aliphatic rings. The first-order chi connectivity index (χ1) is 6.95. The van der Waals surface area contributed by atoms with E-state index in [4.69, 9.17) is 5.11 Å². The van der Waals surface area contributed by atoms with Gasteiger partial charge in [-0.05, 0) is 31.5 Å². The predicted molar refractivity (Wildman–Crippen MR) is 57.8 cm³/mol. The van der Waals surface area contributed by atoms with E-state index >= 15 is 0 Å². The van der Waals surface area contributed by atoms with Crippen molar-refractivity contribution in [3.05, 3.63) is 29.8 Å². The average Bonchev–Trinajstić information content (AvgIpc) is 2.16. The molecule has 2 N–H and O–H groups in total. The van der Waals surface area contributed by atoms with Gasteiger partial charge in [0.2, 0.25) is 10.0 Å². The molecule has 0 fully saturated rings. The van der Waals surface area contributed by atoms with Gasteiger partial charge in [-0.3, -0.25) is 0 Å². The number of rotatable bonds is 4. The molecular weight excluding hydrogens is 214 g/mol. The smallest absolute Gasteiger partial charge is 0.240 e. The van der Waals surface area contributed by atoms with E-state index < -0.39 is 10.0 Å². The fourth-order valence-corrected chi connectivity index (χ4v) is 2.40. The minimum Gasteiger partial charge on any atom is -0.392 e. The first kappa shape index (κ1) is 12.2. The van der Waals surface area contributed by atoms with Crippen LogP contribution in [0.15, 0.2) is 29.2 Å². The van der Waals surface area contributed by atoms with Gasteiger partial charge >= 0.3 is 0 Å². The summed E-state index contributed by atoms with van der Waals surface area (Å²) in [5, 5.41) is 8.81. The van der Waals surface area contributed by atoms with Crippen molar-refractivity contribution >= 4 is 10.0 Å². The third-order valence-electron chi connectivity index (χ3n) is 1.81. The normalized spacial score (nSPS) is 12.0. The fraction of sp³-hybridized carbons (Fsp3) is 0.400. The van der Waals surface area contributed by atoms with Gasteiger partial charge < -0.3 is 5.11 Å². The molecule has 1 aromatic rings. The Kier molecular flexibility index (Phi) is 3.84. The van der Waals surface area contributed by atoms with Crippen LogP contribution < -0.4 is 4.72 Å². The summed E-state index contributed by atoms with van der Waals surface area (Å²) < 4.78 is 25.8. The molecule has 0 saturated carbocycles. The van der Waals surface area contributed by atoms with Crippen LogP contribution in [0.2, 0.25) is 0 Å². The van der Waals surface area contributed by atoms with Crippen LogP contribution in [0.4, 0.5) is 0 Å². The van der Waals surface area contributed by atoms with Crippen LogP contribution in [0.1, 0.15) is 19.4 Å². The highest BCUT2D eigenvalue weighted by Crippen LogP contribution is 2.10. The van der Waals surface area contributed by atoms with E-state index in [0.29, 0.717) is 5.56 Å². The van der Waals surface area contributed by atoms with Gasteiger partial charge in [0.05, 0.1) is 11.5 Å². The van der Waals surface area contributed by atoms with Crippen molar-refractivity contribution in [3.63, 3.8) is 0 Å². The lowest BCUT2D eigenvalue weighted by Crippen LogP contribution is -2.30. The Morgan fingerprint density at radius 2 is 1.80 bits per heavy atom. The Balaban J connectivity index is 2.96. The van der Waals surface area contributed by atoms with E-state index in [9.17, 15) is 8.42 Å². The lowest BCUT2D eigenvalue weighted by Gasteiger charge is -2.09. The van der Waals surface area contributed by atoms with Gasteiger partial charge in [-0.25, -0.2) is 13.1 Å². The molecule has 15 heavy (non-hydrogen) atoms. The molecule has 0 aliphatic carbocycles. The molecule has 1 rings (SSSR count). The summed E-state index contributed by atoms with van der Waals surface area (Å²) in [7, 11) is -3.42. The zero-order valence-electron chi connectivity index (χ0n) is 8.77. The van der Waals surface area contributed by atoms with Crippen LogP contribution in [0.25, 0.3) is 0 Å². The number of hydrogen-bond acceptors (Lipinski definition) is 3. The number of benzene rings is 1. The molecule has 0 saturated heterocycles. The Bertz CT molecular complexity index is 409. The highest BCUT2D eigenvalue weighted by atomic mass is 32.2. The van der Waals surface area contributed by atoms with Crippen LogP contribution in [-0.4, -0.2) is 19.6 Å². The molecule has 0 atom stereocenters. The molecule has 84 valence electrons. The van der Waals surface area contributed by atoms with Crippen LogP contribution in [0, 0.1) is 0 Å². The van der Waals surface area contributed by atoms with Gasteiger partial charge in [0.1, 0.15) is 0 Å². The van der Waals surface area contributed by atoms with Crippen LogP contribution in [0.5, 0.6) is 0 Å². The third kappa shape index (κ3) is 3.30. The van der Waals surface area contributed by atoms with Crippen molar-refractivity contribution in [1.29, 1.82) is 0 Å². The van der Waals surface area contributed by atoms with E-state index in [0.717, 1.165) is 0 Å². The lowest BCUT2D eigenvalue weighted by molar-refractivity contribution is 0.282. The summed E-state index contributed by atoms with van der Waals surface area (Å²) in [5.41, 5.74) is 0.693. The van der Waals surface area contributed by atoms with Gasteiger partial charge in [0, 0.05) is 6.04 Å². The van der Waals surface area contributed by atoms with E-state index in [1.54, 1.807) is 26.0 Å². The summed E-state index contributed by atoms with van der Waals surface area (Å²) >= 11 is 0. The summed E-state index contributed by atoms with van der Waals surface area (Å²) in [6, 6.07) is 6.02.